The molecule has 0 aliphatic carbocycles. The lowest BCUT2D eigenvalue weighted by Gasteiger charge is -2.13. The van der Waals surface area contributed by atoms with Crippen LogP contribution in [0.5, 0.6) is 0 Å². The van der Waals surface area contributed by atoms with Gasteiger partial charge >= 0.3 is 0 Å². The Hall–Kier alpha value is -3.42. The maximum atomic E-state index is 12.7. The zero-order valence-electron chi connectivity index (χ0n) is 16.1. The fourth-order valence-corrected chi connectivity index (χ4v) is 3.06. The molecular weight excluding hydrogens is 356 g/mol. The van der Waals surface area contributed by atoms with Gasteiger partial charge in [0, 0.05) is 19.0 Å². The quantitative estimate of drug-likeness (QED) is 0.556. The molecule has 28 heavy (non-hydrogen) atoms. The van der Waals surface area contributed by atoms with E-state index < -0.39 is 0 Å². The SMILES string of the molecule is CC(C)c1cc(CN(C)C(=O)c2cc(Cn3cnc4ccccc43)[nH]n2)no1. The van der Waals surface area contributed by atoms with Crippen LogP contribution in [0.25, 0.3) is 11.0 Å². The number of carbonyl (C=O) groups is 1. The summed E-state index contributed by atoms with van der Waals surface area (Å²) in [6, 6.07) is 11.6. The number of nitrogens with one attached hydrogen (secondary N) is 1. The first-order valence-corrected chi connectivity index (χ1v) is 9.16. The van der Waals surface area contributed by atoms with Crippen molar-refractivity contribution in [3.8, 4) is 0 Å². The van der Waals surface area contributed by atoms with E-state index >= 15 is 0 Å². The molecule has 0 saturated heterocycles. The second-order valence-corrected chi connectivity index (χ2v) is 7.18. The van der Waals surface area contributed by atoms with Gasteiger partial charge in [0.2, 0.25) is 0 Å². The minimum atomic E-state index is -0.174. The molecule has 4 aromatic rings. The van der Waals surface area contributed by atoms with E-state index in [4.69, 9.17) is 4.52 Å². The van der Waals surface area contributed by atoms with Crippen molar-refractivity contribution < 1.29 is 9.32 Å². The minimum Gasteiger partial charge on any atom is -0.361 e. The third-order valence-electron chi connectivity index (χ3n) is 4.61. The zero-order chi connectivity index (χ0) is 19.7. The van der Waals surface area contributed by atoms with Gasteiger partial charge in [-0.2, -0.15) is 5.10 Å². The number of aromatic nitrogens is 5. The summed E-state index contributed by atoms with van der Waals surface area (Å²) in [5.41, 5.74) is 3.90. The minimum absolute atomic E-state index is 0.174. The van der Waals surface area contributed by atoms with Gasteiger partial charge in [-0.3, -0.25) is 9.89 Å². The molecule has 0 spiro atoms. The highest BCUT2D eigenvalue weighted by Crippen LogP contribution is 2.17. The van der Waals surface area contributed by atoms with Crippen molar-refractivity contribution in [1.29, 1.82) is 0 Å². The van der Waals surface area contributed by atoms with E-state index in [2.05, 4.69) is 20.3 Å². The molecule has 0 unspecified atom stereocenters. The number of rotatable bonds is 6. The fraction of sp³-hybridized carbons (Fsp3) is 0.300. The van der Waals surface area contributed by atoms with Crippen LogP contribution in [-0.4, -0.2) is 42.8 Å². The molecule has 144 valence electrons. The number of amides is 1. The van der Waals surface area contributed by atoms with Crippen LogP contribution >= 0.6 is 0 Å². The van der Waals surface area contributed by atoms with Crippen LogP contribution in [0.1, 0.15) is 47.4 Å². The Morgan fingerprint density at radius 1 is 1.29 bits per heavy atom. The number of H-pyrrole nitrogens is 1. The number of nitrogens with zero attached hydrogens (tertiary/aromatic N) is 5. The normalized spacial score (nSPS) is 11.4. The number of carbonyl (C=O) groups excluding carboxylic acids is 1. The highest BCUT2D eigenvalue weighted by atomic mass is 16.5. The molecular formula is C20H22N6O2. The first-order chi connectivity index (χ1) is 13.5. The summed E-state index contributed by atoms with van der Waals surface area (Å²) >= 11 is 0. The Bertz CT molecular complexity index is 1110. The second-order valence-electron chi connectivity index (χ2n) is 7.18. The predicted octanol–water partition coefficient (Wildman–Crippen LogP) is 3.19. The van der Waals surface area contributed by atoms with Gasteiger partial charge in [-0.25, -0.2) is 4.98 Å². The highest BCUT2D eigenvalue weighted by Gasteiger charge is 2.18. The van der Waals surface area contributed by atoms with Gasteiger partial charge in [-0.15, -0.1) is 0 Å². The summed E-state index contributed by atoms with van der Waals surface area (Å²) in [5.74, 6) is 0.896. The third-order valence-corrected chi connectivity index (χ3v) is 4.61. The van der Waals surface area contributed by atoms with Crippen molar-refractivity contribution in [2.45, 2.75) is 32.9 Å². The molecule has 1 aromatic carbocycles. The standard InChI is InChI=1S/C20H22N6O2/c1-13(2)19-9-15(24-28-19)10-25(3)20(27)17-8-14(22-23-17)11-26-12-21-16-6-4-5-7-18(16)26/h4-9,12-13H,10-11H2,1-3H3,(H,22,23). The average molecular weight is 378 g/mol. The Morgan fingerprint density at radius 3 is 2.89 bits per heavy atom. The van der Waals surface area contributed by atoms with Gasteiger partial charge in [0.15, 0.2) is 0 Å². The molecule has 1 amide bonds. The van der Waals surface area contributed by atoms with E-state index in [1.165, 1.54) is 0 Å². The molecule has 1 N–H and O–H groups in total. The monoisotopic (exact) mass is 378 g/mol. The van der Waals surface area contributed by atoms with Crippen molar-refractivity contribution in [3.05, 3.63) is 65.6 Å². The summed E-state index contributed by atoms with van der Waals surface area (Å²) in [6.45, 7) is 5.00. The number of aromatic amines is 1. The van der Waals surface area contributed by atoms with Gasteiger partial charge in [-0.05, 0) is 18.2 Å². The summed E-state index contributed by atoms with van der Waals surface area (Å²) in [7, 11) is 1.73. The molecule has 0 saturated carbocycles. The molecule has 0 bridgehead atoms. The first kappa shape index (κ1) is 18.0. The molecule has 8 heteroatoms. The summed E-state index contributed by atoms with van der Waals surface area (Å²) in [5, 5.41) is 11.2. The number of hydrogen-bond acceptors (Lipinski definition) is 5. The van der Waals surface area contributed by atoms with Crippen molar-refractivity contribution >= 4 is 16.9 Å². The molecule has 3 aromatic heterocycles. The van der Waals surface area contributed by atoms with Crippen LogP contribution in [0.15, 0.2) is 47.2 Å². The Balaban J connectivity index is 1.44. The van der Waals surface area contributed by atoms with E-state index in [0.717, 1.165) is 28.2 Å². The van der Waals surface area contributed by atoms with Gasteiger partial charge in [0.05, 0.1) is 36.1 Å². The summed E-state index contributed by atoms with van der Waals surface area (Å²) in [6.07, 6.45) is 1.79. The third kappa shape index (κ3) is 3.53. The molecule has 0 aliphatic rings. The number of imidazole rings is 1. The van der Waals surface area contributed by atoms with Gasteiger partial charge < -0.3 is 14.0 Å². The van der Waals surface area contributed by atoms with E-state index in [9.17, 15) is 4.79 Å². The van der Waals surface area contributed by atoms with E-state index in [-0.39, 0.29) is 11.8 Å². The highest BCUT2D eigenvalue weighted by molar-refractivity contribution is 5.92. The largest absolute Gasteiger partial charge is 0.361 e. The Morgan fingerprint density at radius 2 is 2.11 bits per heavy atom. The molecule has 4 rings (SSSR count). The van der Waals surface area contributed by atoms with E-state index in [0.29, 0.717) is 18.8 Å². The summed E-state index contributed by atoms with van der Waals surface area (Å²) in [4.78, 5) is 18.6. The van der Waals surface area contributed by atoms with Gasteiger partial charge in [0.1, 0.15) is 17.1 Å². The lowest BCUT2D eigenvalue weighted by molar-refractivity contribution is 0.0776. The van der Waals surface area contributed by atoms with Crippen LogP contribution in [0.3, 0.4) is 0 Å². The average Bonchev–Trinajstić information content (AvgIpc) is 3.42. The van der Waals surface area contributed by atoms with Gasteiger partial charge in [-0.1, -0.05) is 31.1 Å². The lowest BCUT2D eigenvalue weighted by Crippen LogP contribution is -2.26. The molecule has 0 aliphatic heterocycles. The van der Waals surface area contributed by atoms with Crippen LogP contribution in [-0.2, 0) is 13.1 Å². The maximum Gasteiger partial charge on any atom is 0.274 e. The van der Waals surface area contributed by atoms with Crippen molar-refractivity contribution in [1.82, 2.24) is 29.8 Å². The summed E-state index contributed by atoms with van der Waals surface area (Å²) < 4.78 is 7.31. The van der Waals surface area contributed by atoms with Crippen LogP contribution < -0.4 is 0 Å². The molecule has 8 nitrogen and oxygen atoms in total. The molecule has 3 heterocycles. The maximum absolute atomic E-state index is 12.7. The second kappa shape index (κ2) is 7.30. The van der Waals surface area contributed by atoms with Crippen molar-refractivity contribution in [2.24, 2.45) is 0 Å². The van der Waals surface area contributed by atoms with Gasteiger partial charge in [0.25, 0.3) is 5.91 Å². The van der Waals surface area contributed by atoms with E-state index in [1.807, 2.05) is 48.7 Å². The van der Waals surface area contributed by atoms with E-state index in [1.54, 1.807) is 24.3 Å². The topological polar surface area (TPSA) is 92.8 Å². The lowest BCUT2D eigenvalue weighted by atomic mass is 10.1. The molecule has 0 fully saturated rings. The van der Waals surface area contributed by atoms with Crippen LogP contribution in [0, 0.1) is 0 Å². The fourth-order valence-electron chi connectivity index (χ4n) is 3.06. The zero-order valence-corrected chi connectivity index (χ0v) is 16.1. The van der Waals surface area contributed by atoms with Crippen LogP contribution in [0.2, 0.25) is 0 Å². The number of para-hydroxylation sites is 2. The van der Waals surface area contributed by atoms with Crippen molar-refractivity contribution in [2.75, 3.05) is 7.05 Å². The Kier molecular flexibility index (Phi) is 4.68. The Labute approximate surface area is 162 Å². The van der Waals surface area contributed by atoms with Crippen LogP contribution in [0.4, 0.5) is 0 Å². The predicted molar refractivity (Wildman–Crippen MR) is 104 cm³/mol. The number of benzene rings is 1. The molecule has 0 atom stereocenters. The first-order valence-electron chi connectivity index (χ1n) is 9.16. The molecule has 0 radical (unpaired) electrons. The number of fused-ring (bicyclic) bond motifs is 1. The van der Waals surface area contributed by atoms with Crippen molar-refractivity contribution in [3.63, 3.8) is 0 Å². The number of hydrogen-bond donors (Lipinski definition) is 1. The smallest absolute Gasteiger partial charge is 0.274 e.